The van der Waals surface area contributed by atoms with E-state index in [4.69, 9.17) is 10.2 Å². The molecule has 1 aromatic rings. The van der Waals surface area contributed by atoms with Gasteiger partial charge in [0.25, 0.3) is 0 Å². The first-order chi connectivity index (χ1) is 8.55. The largest absolute Gasteiger partial charge is 0.462 e. The van der Waals surface area contributed by atoms with Gasteiger partial charge in [0.1, 0.15) is 18.1 Å². The summed E-state index contributed by atoms with van der Waals surface area (Å²) < 4.78 is 81.9. The summed E-state index contributed by atoms with van der Waals surface area (Å²) in [5.74, 6) is 0.144. The van der Waals surface area contributed by atoms with E-state index in [1.165, 1.54) is 6.07 Å². The Kier molecular flexibility index (Phi) is 4.51. The van der Waals surface area contributed by atoms with E-state index in [0.29, 0.717) is 5.56 Å². The van der Waals surface area contributed by atoms with Gasteiger partial charge in [-0.1, -0.05) is 0 Å². The Balaban J connectivity index is 2.77. The van der Waals surface area contributed by atoms with Gasteiger partial charge in [-0.25, -0.2) is 0 Å². The minimum atomic E-state index is -5.53. The van der Waals surface area contributed by atoms with Gasteiger partial charge in [0.15, 0.2) is 0 Å². The number of hydrogen-bond donors (Lipinski definition) is 1. The number of halogens is 6. The van der Waals surface area contributed by atoms with E-state index in [1.807, 2.05) is 0 Å². The molecule has 0 aliphatic carbocycles. The molecule has 0 radical (unpaired) electrons. The Morgan fingerprint density at radius 3 is 2.11 bits per heavy atom. The number of rotatable bonds is 4. The van der Waals surface area contributed by atoms with E-state index >= 15 is 0 Å². The van der Waals surface area contributed by atoms with Crippen molar-refractivity contribution in [2.75, 3.05) is 0 Å². The Hall–Kier alpha value is -1.22. The van der Waals surface area contributed by atoms with Gasteiger partial charge >= 0.3 is 12.4 Å². The van der Waals surface area contributed by atoms with Crippen molar-refractivity contribution in [2.45, 2.75) is 38.5 Å². The molecular weight excluding hydrogens is 280 g/mol. The molecule has 0 spiro atoms. The predicted octanol–water partition coefficient (Wildman–Crippen LogP) is 3.06. The fraction of sp³-hybridized carbons (Fsp3) is 0.600. The summed E-state index contributed by atoms with van der Waals surface area (Å²) >= 11 is 0. The van der Waals surface area contributed by atoms with Crippen molar-refractivity contribution in [3.63, 3.8) is 0 Å². The molecule has 9 heteroatoms. The minimum absolute atomic E-state index is 0.00615. The van der Waals surface area contributed by atoms with Crippen LogP contribution in [0.2, 0.25) is 0 Å². The number of alkyl halides is 6. The molecule has 0 saturated heterocycles. The third-order valence-corrected chi connectivity index (χ3v) is 2.24. The molecule has 0 saturated carbocycles. The number of ether oxygens (including phenoxy) is 1. The predicted molar refractivity (Wildman–Crippen MR) is 52.0 cm³/mol. The highest BCUT2D eigenvalue weighted by Gasteiger charge is 2.58. The second kappa shape index (κ2) is 5.41. The van der Waals surface area contributed by atoms with Gasteiger partial charge in [-0.15, -0.1) is 0 Å². The van der Waals surface area contributed by atoms with Crippen LogP contribution < -0.4 is 5.73 Å². The highest BCUT2D eigenvalue weighted by atomic mass is 19.4. The summed E-state index contributed by atoms with van der Waals surface area (Å²) in [6, 6.07) is 1.28. The average molecular weight is 291 g/mol. The molecule has 0 aliphatic heterocycles. The number of hydrogen-bond acceptors (Lipinski definition) is 3. The molecule has 1 rings (SSSR count). The van der Waals surface area contributed by atoms with E-state index in [9.17, 15) is 26.3 Å². The van der Waals surface area contributed by atoms with E-state index in [-0.39, 0.29) is 18.1 Å². The van der Waals surface area contributed by atoms with E-state index in [2.05, 4.69) is 4.74 Å². The fourth-order valence-corrected chi connectivity index (χ4v) is 1.40. The first kappa shape index (κ1) is 15.8. The van der Waals surface area contributed by atoms with Crippen molar-refractivity contribution in [3.05, 3.63) is 23.2 Å². The monoisotopic (exact) mass is 291 g/mol. The molecule has 0 unspecified atom stereocenters. The zero-order valence-corrected chi connectivity index (χ0v) is 9.73. The Labute approximate surface area is 104 Å². The van der Waals surface area contributed by atoms with Crippen LogP contribution in [0.4, 0.5) is 26.3 Å². The molecular formula is C10H11F6NO2. The summed E-state index contributed by atoms with van der Waals surface area (Å²) in [5.41, 5.74) is 5.80. The lowest BCUT2D eigenvalue weighted by atomic mass is 10.2. The zero-order chi connectivity index (χ0) is 14.8. The third-order valence-electron chi connectivity index (χ3n) is 2.24. The summed E-state index contributed by atoms with van der Waals surface area (Å²) in [4.78, 5) is 0. The van der Waals surface area contributed by atoms with Crippen LogP contribution in [0.15, 0.2) is 10.5 Å². The van der Waals surface area contributed by atoms with Crippen molar-refractivity contribution in [1.29, 1.82) is 0 Å². The maximum Gasteiger partial charge on any atom is 0.423 e. The van der Waals surface area contributed by atoms with Gasteiger partial charge in [0.2, 0.25) is 6.10 Å². The maximum atomic E-state index is 12.2. The van der Waals surface area contributed by atoms with E-state index < -0.39 is 25.1 Å². The average Bonchev–Trinajstić information content (AvgIpc) is 2.55. The number of nitrogens with two attached hydrogens (primary N) is 1. The minimum Gasteiger partial charge on any atom is -0.462 e. The van der Waals surface area contributed by atoms with Gasteiger partial charge in [-0.3, -0.25) is 0 Å². The Morgan fingerprint density at radius 2 is 1.74 bits per heavy atom. The molecule has 19 heavy (non-hydrogen) atoms. The van der Waals surface area contributed by atoms with Crippen LogP contribution in [-0.2, 0) is 17.9 Å². The molecule has 3 nitrogen and oxygen atoms in total. The van der Waals surface area contributed by atoms with Crippen molar-refractivity contribution in [3.8, 4) is 0 Å². The molecule has 1 aromatic heterocycles. The first-order valence-electron chi connectivity index (χ1n) is 5.09. The van der Waals surface area contributed by atoms with Crippen LogP contribution in [0, 0.1) is 6.92 Å². The molecule has 0 fully saturated rings. The molecule has 0 aliphatic rings. The normalized spacial score (nSPS) is 13.3. The van der Waals surface area contributed by atoms with Crippen molar-refractivity contribution in [2.24, 2.45) is 5.73 Å². The van der Waals surface area contributed by atoms with Gasteiger partial charge in [-0.05, 0) is 18.6 Å². The fourth-order valence-electron chi connectivity index (χ4n) is 1.40. The lowest BCUT2D eigenvalue weighted by Gasteiger charge is -2.22. The van der Waals surface area contributed by atoms with Gasteiger partial charge in [0.05, 0.1) is 6.54 Å². The van der Waals surface area contributed by atoms with Gasteiger partial charge in [0, 0.05) is 0 Å². The summed E-state index contributed by atoms with van der Waals surface area (Å²) in [6.07, 6.45) is -14.9. The molecule has 2 N–H and O–H groups in total. The number of furan rings is 1. The second-order valence-corrected chi connectivity index (χ2v) is 3.80. The molecule has 110 valence electrons. The molecule has 0 bridgehead atoms. The van der Waals surface area contributed by atoms with Crippen LogP contribution in [-0.4, -0.2) is 18.5 Å². The van der Waals surface area contributed by atoms with Gasteiger partial charge < -0.3 is 14.9 Å². The quantitative estimate of drug-likeness (QED) is 0.867. The van der Waals surface area contributed by atoms with E-state index in [1.54, 1.807) is 6.92 Å². The van der Waals surface area contributed by atoms with Crippen molar-refractivity contribution < 1.29 is 35.5 Å². The van der Waals surface area contributed by atoms with Gasteiger partial charge in [-0.2, -0.15) is 26.3 Å². The molecule has 0 amide bonds. The SMILES string of the molecule is Cc1cc(COC(C(F)(F)F)C(F)(F)F)oc1CN. The van der Waals surface area contributed by atoms with E-state index in [0.717, 1.165) is 0 Å². The van der Waals surface area contributed by atoms with Crippen molar-refractivity contribution >= 4 is 0 Å². The molecule has 0 atom stereocenters. The Morgan fingerprint density at radius 1 is 1.21 bits per heavy atom. The van der Waals surface area contributed by atoms with Crippen LogP contribution in [0.3, 0.4) is 0 Å². The summed E-state index contributed by atoms with van der Waals surface area (Å²) in [5, 5.41) is 0. The lowest BCUT2D eigenvalue weighted by molar-refractivity contribution is -0.325. The second-order valence-electron chi connectivity index (χ2n) is 3.80. The van der Waals surface area contributed by atoms with Crippen LogP contribution >= 0.6 is 0 Å². The lowest BCUT2D eigenvalue weighted by Crippen LogP contribution is -2.44. The van der Waals surface area contributed by atoms with Crippen molar-refractivity contribution in [1.82, 2.24) is 0 Å². The molecule has 0 aromatic carbocycles. The summed E-state index contributed by atoms with van der Waals surface area (Å²) in [7, 11) is 0. The zero-order valence-electron chi connectivity index (χ0n) is 9.73. The smallest absolute Gasteiger partial charge is 0.423 e. The van der Waals surface area contributed by atoms with Crippen LogP contribution in [0.1, 0.15) is 17.1 Å². The third kappa shape index (κ3) is 4.13. The maximum absolute atomic E-state index is 12.2. The highest BCUT2D eigenvalue weighted by molar-refractivity contribution is 5.19. The summed E-state index contributed by atoms with van der Waals surface area (Å²) in [6.45, 7) is 0.624. The Bertz CT molecular complexity index is 409. The van der Waals surface area contributed by atoms with Crippen LogP contribution in [0.25, 0.3) is 0 Å². The highest BCUT2D eigenvalue weighted by Crippen LogP contribution is 2.36. The van der Waals surface area contributed by atoms with Crippen LogP contribution in [0.5, 0.6) is 0 Å². The number of aryl methyl sites for hydroxylation is 1. The first-order valence-corrected chi connectivity index (χ1v) is 5.09. The topological polar surface area (TPSA) is 48.4 Å². The molecule has 1 heterocycles. The standard InChI is InChI=1S/C10H11F6NO2/c1-5-2-6(19-7(5)3-17)4-18-8(9(11,12)13)10(14,15)16/h2,8H,3-4,17H2,1H3.